The van der Waals surface area contributed by atoms with Crippen molar-refractivity contribution in [3.8, 4) is 0 Å². The van der Waals surface area contributed by atoms with Crippen LogP contribution in [-0.4, -0.2) is 35.7 Å². The Labute approximate surface area is 106 Å². The second-order valence-electron chi connectivity index (χ2n) is 5.14. The van der Waals surface area contributed by atoms with E-state index in [1.807, 2.05) is 6.92 Å². The van der Waals surface area contributed by atoms with E-state index in [9.17, 15) is 13.9 Å². The van der Waals surface area contributed by atoms with Gasteiger partial charge in [-0.1, -0.05) is 37.3 Å². The first-order valence-corrected chi connectivity index (χ1v) is 6.33. The minimum absolute atomic E-state index is 0.0399. The van der Waals surface area contributed by atoms with Crippen molar-refractivity contribution in [3.05, 3.63) is 35.9 Å². The molecule has 0 aromatic heterocycles. The zero-order valence-corrected chi connectivity index (χ0v) is 10.5. The first kappa shape index (κ1) is 13.4. The third-order valence-corrected chi connectivity index (χ3v) is 3.62. The van der Waals surface area contributed by atoms with Crippen molar-refractivity contribution >= 4 is 0 Å². The van der Waals surface area contributed by atoms with E-state index in [-0.39, 0.29) is 18.0 Å². The molecule has 0 aliphatic carbocycles. The summed E-state index contributed by atoms with van der Waals surface area (Å²) in [6, 6.07) is 7.87. The Kier molecular flexibility index (Phi) is 3.97. The Hall–Kier alpha value is -1.00. The number of rotatable bonds is 3. The largest absolute Gasteiger partial charge is 0.392 e. The number of β-amino-alcohol motifs (C(OH)–C–C–N with tert-alkyl or cyclic N) is 1. The summed E-state index contributed by atoms with van der Waals surface area (Å²) in [5, 5.41) is 9.73. The summed E-state index contributed by atoms with van der Waals surface area (Å²) in [6.07, 6.45) is 0.275. The molecule has 1 aromatic carbocycles. The zero-order chi connectivity index (χ0) is 13.2. The number of aliphatic hydroxyl groups is 1. The molecule has 2 unspecified atom stereocenters. The van der Waals surface area contributed by atoms with Gasteiger partial charge in [-0.15, -0.1) is 0 Å². The number of halogens is 2. The predicted octanol–water partition coefficient (Wildman–Crippen LogP) is 2.48. The number of likely N-dealkylation sites (tertiary alicyclic amines) is 1. The molecule has 1 aliphatic rings. The summed E-state index contributed by atoms with van der Waals surface area (Å²) in [4.78, 5) is 1.65. The van der Waals surface area contributed by atoms with E-state index < -0.39 is 12.0 Å². The van der Waals surface area contributed by atoms with Gasteiger partial charge in [-0.05, 0) is 18.9 Å². The predicted molar refractivity (Wildman–Crippen MR) is 66.6 cm³/mol. The van der Waals surface area contributed by atoms with Crippen LogP contribution in [0.3, 0.4) is 0 Å². The molecule has 0 spiro atoms. The highest BCUT2D eigenvalue weighted by Crippen LogP contribution is 2.30. The van der Waals surface area contributed by atoms with Crippen molar-refractivity contribution in [2.75, 3.05) is 19.6 Å². The molecule has 0 amide bonds. The second-order valence-corrected chi connectivity index (χ2v) is 5.14. The van der Waals surface area contributed by atoms with Crippen LogP contribution in [0, 0.1) is 5.92 Å². The topological polar surface area (TPSA) is 23.5 Å². The van der Waals surface area contributed by atoms with E-state index in [4.69, 9.17) is 0 Å². The number of nitrogens with zero attached hydrogens (tertiary/aromatic N) is 1. The summed E-state index contributed by atoms with van der Waals surface area (Å²) in [6.45, 7) is 2.60. The number of hydrogen-bond donors (Lipinski definition) is 1. The molecule has 1 saturated heterocycles. The molecule has 18 heavy (non-hydrogen) atoms. The third kappa shape index (κ3) is 3.06. The van der Waals surface area contributed by atoms with Crippen molar-refractivity contribution in [1.29, 1.82) is 0 Å². The maximum Gasteiger partial charge on any atom is 0.285 e. The molecular weight excluding hydrogens is 236 g/mol. The van der Waals surface area contributed by atoms with E-state index in [2.05, 4.69) is 0 Å². The van der Waals surface area contributed by atoms with E-state index in [0.29, 0.717) is 13.1 Å². The Morgan fingerprint density at radius 2 is 2.00 bits per heavy atom. The molecule has 1 N–H and O–H groups in total. The smallest absolute Gasteiger partial charge is 0.285 e. The first-order chi connectivity index (χ1) is 8.49. The molecule has 0 saturated carbocycles. The number of benzene rings is 1. The van der Waals surface area contributed by atoms with Crippen LogP contribution in [0.25, 0.3) is 0 Å². The lowest BCUT2D eigenvalue weighted by Gasteiger charge is -2.36. The van der Waals surface area contributed by atoms with Gasteiger partial charge < -0.3 is 5.11 Å². The van der Waals surface area contributed by atoms with E-state index >= 15 is 0 Å². The lowest BCUT2D eigenvalue weighted by Crippen LogP contribution is -2.46. The molecule has 0 radical (unpaired) electrons. The van der Waals surface area contributed by atoms with Crippen LogP contribution in [0.1, 0.15) is 18.9 Å². The van der Waals surface area contributed by atoms with Crippen molar-refractivity contribution in [3.63, 3.8) is 0 Å². The zero-order valence-electron chi connectivity index (χ0n) is 10.5. The van der Waals surface area contributed by atoms with Crippen LogP contribution in [0.5, 0.6) is 0 Å². The normalized spacial score (nSPS) is 26.2. The molecule has 0 bridgehead atoms. The highest BCUT2D eigenvalue weighted by atomic mass is 19.3. The van der Waals surface area contributed by atoms with Gasteiger partial charge in [0.1, 0.15) is 0 Å². The molecule has 4 heteroatoms. The van der Waals surface area contributed by atoms with Gasteiger partial charge in [-0.3, -0.25) is 4.90 Å². The molecule has 100 valence electrons. The molecule has 1 aliphatic heterocycles. The van der Waals surface area contributed by atoms with Crippen molar-refractivity contribution in [1.82, 2.24) is 4.90 Å². The lowest BCUT2D eigenvalue weighted by atomic mass is 9.95. The Morgan fingerprint density at radius 1 is 1.33 bits per heavy atom. The van der Waals surface area contributed by atoms with Gasteiger partial charge >= 0.3 is 0 Å². The van der Waals surface area contributed by atoms with Crippen LogP contribution in [0.15, 0.2) is 30.3 Å². The van der Waals surface area contributed by atoms with E-state index in [1.54, 1.807) is 23.1 Å². The average molecular weight is 255 g/mol. The van der Waals surface area contributed by atoms with Gasteiger partial charge in [0.05, 0.1) is 12.6 Å². The molecular formula is C14H19F2NO. The molecule has 1 heterocycles. The van der Waals surface area contributed by atoms with E-state index in [1.165, 1.54) is 12.1 Å². The van der Waals surface area contributed by atoms with Crippen LogP contribution in [0.2, 0.25) is 0 Å². The summed E-state index contributed by atoms with van der Waals surface area (Å²) in [7, 11) is 0. The van der Waals surface area contributed by atoms with Gasteiger partial charge in [-0.25, -0.2) is 0 Å². The quantitative estimate of drug-likeness (QED) is 0.897. The Bertz CT molecular complexity index is 383. The van der Waals surface area contributed by atoms with Gasteiger partial charge in [0.2, 0.25) is 0 Å². The van der Waals surface area contributed by atoms with Crippen LogP contribution >= 0.6 is 0 Å². The van der Waals surface area contributed by atoms with Crippen LogP contribution < -0.4 is 0 Å². The fraction of sp³-hybridized carbons (Fsp3) is 0.571. The number of alkyl halides is 2. The maximum atomic E-state index is 14.0. The summed E-state index contributed by atoms with van der Waals surface area (Å²) >= 11 is 0. The number of aliphatic hydroxyl groups excluding tert-OH is 1. The average Bonchev–Trinajstić information content (AvgIpc) is 2.35. The summed E-state index contributed by atoms with van der Waals surface area (Å²) in [5.74, 6) is -2.66. The number of hydrogen-bond acceptors (Lipinski definition) is 2. The maximum absolute atomic E-state index is 14.0. The van der Waals surface area contributed by atoms with Gasteiger partial charge in [0.25, 0.3) is 5.92 Å². The standard InChI is InChI=1S/C14H19F2NO/c1-11-7-8-17(9-13(11)18)10-14(15,16)12-5-3-2-4-6-12/h2-6,11,13,18H,7-10H2,1H3. The van der Waals surface area contributed by atoms with Crippen molar-refractivity contribution in [2.45, 2.75) is 25.4 Å². The number of piperidine rings is 1. The monoisotopic (exact) mass is 255 g/mol. The highest BCUT2D eigenvalue weighted by molar-refractivity contribution is 5.20. The molecule has 1 aromatic rings. The third-order valence-electron chi connectivity index (χ3n) is 3.62. The van der Waals surface area contributed by atoms with Crippen LogP contribution in [0.4, 0.5) is 8.78 Å². The van der Waals surface area contributed by atoms with Crippen molar-refractivity contribution < 1.29 is 13.9 Å². The second kappa shape index (κ2) is 5.33. The minimum atomic E-state index is -2.86. The Morgan fingerprint density at radius 3 is 2.61 bits per heavy atom. The molecule has 2 rings (SSSR count). The lowest BCUT2D eigenvalue weighted by molar-refractivity contribution is -0.0629. The molecule has 1 fully saturated rings. The van der Waals surface area contributed by atoms with Gasteiger partial charge in [-0.2, -0.15) is 8.78 Å². The summed E-state index contributed by atoms with van der Waals surface area (Å²) in [5.41, 5.74) is 0.0399. The summed E-state index contributed by atoms with van der Waals surface area (Å²) < 4.78 is 28.1. The Balaban J connectivity index is 2.00. The van der Waals surface area contributed by atoms with Crippen LogP contribution in [-0.2, 0) is 5.92 Å². The van der Waals surface area contributed by atoms with Gasteiger partial charge in [0, 0.05) is 12.1 Å². The fourth-order valence-electron chi connectivity index (χ4n) is 2.31. The highest BCUT2D eigenvalue weighted by Gasteiger charge is 2.36. The molecule has 2 atom stereocenters. The minimum Gasteiger partial charge on any atom is -0.392 e. The fourth-order valence-corrected chi connectivity index (χ4v) is 2.31. The van der Waals surface area contributed by atoms with E-state index in [0.717, 1.165) is 6.42 Å². The molecule has 2 nitrogen and oxygen atoms in total. The van der Waals surface area contributed by atoms with Crippen molar-refractivity contribution in [2.24, 2.45) is 5.92 Å². The SMILES string of the molecule is CC1CCN(CC(F)(F)c2ccccc2)CC1O. The van der Waals surface area contributed by atoms with Gasteiger partial charge in [0.15, 0.2) is 0 Å². The first-order valence-electron chi connectivity index (χ1n) is 6.33.